The zero-order chi connectivity index (χ0) is 24.2. The van der Waals surface area contributed by atoms with Gasteiger partial charge in [-0.1, -0.05) is 30.3 Å². The maximum Gasteiger partial charge on any atom is 0.323 e. The molecule has 0 atom stereocenters. The molecule has 2 amide bonds. The third-order valence-corrected chi connectivity index (χ3v) is 5.53. The molecule has 0 spiro atoms. The Morgan fingerprint density at radius 1 is 1.09 bits per heavy atom. The first-order chi connectivity index (χ1) is 16.4. The molecule has 34 heavy (non-hydrogen) atoms. The van der Waals surface area contributed by atoms with E-state index in [2.05, 4.69) is 20.6 Å². The molecule has 0 aliphatic carbocycles. The number of carbonyl (C=O) groups excluding carboxylic acids is 1. The molecule has 0 aliphatic heterocycles. The predicted molar refractivity (Wildman–Crippen MR) is 135 cm³/mol. The number of anilines is 3. The number of hydrogen-bond donors (Lipinski definition) is 4. The standard InChI is InChI=1S/C25H28FN7O/c1-32(2)12-13-33-22-5-3-4-19(23(22)24(28)31-33)17-7-9-18(10-8-17)29-25(34)30-21-14-16(15-27)6-11-20(21)26/h3-11,14H,12-13,15,27H2,1-2H3,(H2,28,31)(H2,29,30,34). The molecular formula is C25H28FN7O. The molecular weight excluding hydrogens is 433 g/mol. The van der Waals surface area contributed by atoms with E-state index in [4.69, 9.17) is 11.5 Å². The van der Waals surface area contributed by atoms with Crippen molar-refractivity contribution >= 4 is 34.1 Å². The van der Waals surface area contributed by atoms with Crippen LogP contribution in [-0.4, -0.2) is 41.4 Å². The van der Waals surface area contributed by atoms with Crippen molar-refractivity contribution in [2.45, 2.75) is 13.1 Å². The van der Waals surface area contributed by atoms with Gasteiger partial charge in [-0.25, -0.2) is 9.18 Å². The Morgan fingerprint density at radius 2 is 1.85 bits per heavy atom. The van der Waals surface area contributed by atoms with Crippen LogP contribution in [0.5, 0.6) is 0 Å². The van der Waals surface area contributed by atoms with Gasteiger partial charge >= 0.3 is 6.03 Å². The number of nitrogens with zero attached hydrogens (tertiary/aromatic N) is 3. The molecule has 1 aromatic heterocycles. The fourth-order valence-corrected chi connectivity index (χ4v) is 3.78. The Balaban J connectivity index is 1.52. The van der Waals surface area contributed by atoms with E-state index < -0.39 is 11.8 Å². The van der Waals surface area contributed by atoms with Gasteiger partial charge < -0.3 is 27.0 Å². The van der Waals surface area contributed by atoms with Crippen LogP contribution in [0.3, 0.4) is 0 Å². The number of rotatable bonds is 7. The lowest BCUT2D eigenvalue weighted by atomic mass is 10.0. The van der Waals surface area contributed by atoms with Gasteiger partial charge in [0.1, 0.15) is 5.82 Å². The van der Waals surface area contributed by atoms with Crippen molar-refractivity contribution in [3.63, 3.8) is 0 Å². The highest BCUT2D eigenvalue weighted by molar-refractivity contribution is 6.03. The van der Waals surface area contributed by atoms with Crippen LogP contribution in [0.4, 0.5) is 26.4 Å². The minimum atomic E-state index is -0.547. The fourth-order valence-electron chi connectivity index (χ4n) is 3.78. The molecule has 6 N–H and O–H groups in total. The predicted octanol–water partition coefficient (Wildman–Crippen LogP) is 4.09. The third-order valence-electron chi connectivity index (χ3n) is 5.53. The molecule has 0 aliphatic rings. The zero-order valence-electron chi connectivity index (χ0n) is 19.2. The van der Waals surface area contributed by atoms with Crippen molar-refractivity contribution in [2.24, 2.45) is 5.73 Å². The summed E-state index contributed by atoms with van der Waals surface area (Å²) < 4.78 is 15.9. The van der Waals surface area contributed by atoms with Crippen LogP contribution in [0, 0.1) is 5.82 Å². The molecule has 1 heterocycles. The lowest BCUT2D eigenvalue weighted by Crippen LogP contribution is -2.20. The second-order valence-corrected chi connectivity index (χ2v) is 8.29. The molecule has 4 aromatic rings. The van der Waals surface area contributed by atoms with Gasteiger partial charge in [-0.05, 0) is 61.1 Å². The number of nitrogen functional groups attached to an aromatic ring is 1. The average molecular weight is 462 g/mol. The molecule has 3 aromatic carbocycles. The van der Waals surface area contributed by atoms with Crippen molar-refractivity contribution in [3.8, 4) is 11.1 Å². The highest BCUT2D eigenvalue weighted by Crippen LogP contribution is 2.33. The highest BCUT2D eigenvalue weighted by atomic mass is 19.1. The summed E-state index contributed by atoms with van der Waals surface area (Å²) in [5.74, 6) is -0.0489. The van der Waals surface area contributed by atoms with Crippen LogP contribution in [0.1, 0.15) is 5.56 Å². The number of halogens is 1. The number of urea groups is 1. The highest BCUT2D eigenvalue weighted by Gasteiger charge is 2.14. The fraction of sp³-hybridized carbons (Fsp3) is 0.200. The average Bonchev–Trinajstić information content (AvgIpc) is 3.15. The Labute approximate surface area is 197 Å². The van der Waals surface area contributed by atoms with Gasteiger partial charge in [0.25, 0.3) is 0 Å². The van der Waals surface area contributed by atoms with Gasteiger partial charge in [0, 0.05) is 18.8 Å². The van der Waals surface area contributed by atoms with Crippen molar-refractivity contribution in [1.29, 1.82) is 0 Å². The van der Waals surface area contributed by atoms with E-state index in [0.717, 1.165) is 40.7 Å². The molecule has 9 heteroatoms. The van der Waals surface area contributed by atoms with E-state index in [9.17, 15) is 9.18 Å². The number of amides is 2. The van der Waals surface area contributed by atoms with Crippen molar-refractivity contribution < 1.29 is 9.18 Å². The van der Waals surface area contributed by atoms with Gasteiger partial charge in [-0.15, -0.1) is 0 Å². The Morgan fingerprint density at radius 3 is 2.56 bits per heavy atom. The van der Waals surface area contributed by atoms with Gasteiger partial charge in [0.05, 0.1) is 23.1 Å². The molecule has 0 saturated heterocycles. The van der Waals surface area contributed by atoms with Gasteiger partial charge in [-0.3, -0.25) is 4.68 Å². The second kappa shape index (κ2) is 9.90. The van der Waals surface area contributed by atoms with Crippen LogP contribution < -0.4 is 22.1 Å². The SMILES string of the molecule is CN(C)CCn1nc(N)c2c(-c3ccc(NC(=O)Nc4cc(CN)ccc4F)cc3)cccc21. The monoisotopic (exact) mass is 461 g/mol. The Kier molecular flexibility index (Phi) is 6.76. The van der Waals surface area contributed by atoms with E-state index >= 15 is 0 Å². The van der Waals surface area contributed by atoms with Gasteiger partial charge in [0.15, 0.2) is 5.82 Å². The molecule has 0 radical (unpaired) electrons. The van der Waals surface area contributed by atoms with E-state index in [1.165, 1.54) is 12.1 Å². The van der Waals surface area contributed by atoms with Crippen molar-refractivity contribution in [2.75, 3.05) is 37.0 Å². The van der Waals surface area contributed by atoms with Gasteiger partial charge in [0.2, 0.25) is 0 Å². The molecule has 4 rings (SSSR count). The number of hydrogen-bond acceptors (Lipinski definition) is 5. The summed E-state index contributed by atoms with van der Waals surface area (Å²) in [5, 5.41) is 10.7. The number of benzene rings is 3. The molecule has 8 nitrogen and oxygen atoms in total. The molecule has 0 unspecified atom stereocenters. The quantitative estimate of drug-likeness (QED) is 0.331. The summed E-state index contributed by atoms with van der Waals surface area (Å²) in [6.07, 6.45) is 0. The number of fused-ring (bicyclic) bond motifs is 1. The summed E-state index contributed by atoms with van der Waals surface area (Å²) >= 11 is 0. The van der Waals surface area contributed by atoms with Crippen LogP contribution in [-0.2, 0) is 13.1 Å². The summed E-state index contributed by atoms with van der Waals surface area (Å²) in [6.45, 7) is 1.84. The summed E-state index contributed by atoms with van der Waals surface area (Å²) in [6, 6.07) is 17.2. The third kappa shape index (κ3) is 5.00. The normalized spacial score (nSPS) is 11.2. The van der Waals surface area contributed by atoms with E-state index in [-0.39, 0.29) is 12.2 Å². The van der Waals surface area contributed by atoms with E-state index in [1.807, 2.05) is 49.1 Å². The Hall–Kier alpha value is -3.95. The molecule has 0 saturated carbocycles. The molecule has 0 bridgehead atoms. The number of likely N-dealkylation sites (N-methyl/N-ethyl adjacent to an activating group) is 1. The summed E-state index contributed by atoms with van der Waals surface area (Å²) in [4.78, 5) is 14.5. The maximum atomic E-state index is 14.0. The van der Waals surface area contributed by atoms with Crippen molar-refractivity contribution in [1.82, 2.24) is 14.7 Å². The van der Waals surface area contributed by atoms with Crippen LogP contribution in [0.25, 0.3) is 22.0 Å². The zero-order valence-corrected chi connectivity index (χ0v) is 19.2. The summed E-state index contributed by atoms with van der Waals surface area (Å²) in [7, 11) is 4.04. The first-order valence-corrected chi connectivity index (χ1v) is 10.9. The van der Waals surface area contributed by atoms with Gasteiger partial charge in [-0.2, -0.15) is 5.10 Å². The van der Waals surface area contributed by atoms with E-state index in [1.54, 1.807) is 18.2 Å². The largest absolute Gasteiger partial charge is 0.382 e. The first-order valence-electron chi connectivity index (χ1n) is 10.9. The lowest BCUT2D eigenvalue weighted by molar-refractivity contribution is 0.262. The first kappa shape index (κ1) is 23.2. The van der Waals surface area contributed by atoms with E-state index in [0.29, 0.717) is 11.5 Å². The summed E-state index contributed by atoms with van der Waals surface area (Å²) in [5.41, 5.74) is 16.1. The molecule has 0 fully saturated rings. The minimum Gasteiger partial charge on any atom is -0.382 e. The minimum absolute atomic E-state index is 0.0745. The number of aromatic nitrogens is 2. The second-order valence-electron chi connectivity index (χ2n) is 8.29. The van der Waals surface area contributed by atoms with Crippen molar-refractivity contribution in [3.05, 3.63) is 72.0 Å². The van der Waals surface area contributed by atoms with Crippen LogP contribution >= 0.6 is 0 Å². The Bertz CT molecular complexity index is 1320. The number of nitrogens with one attached hydrogen (secondary N) is 2. The lowest BCUT2D eigenvalue weighted by Gasteiger charge is -2.11. The smallest absolute Gasteiger partial charge is 0.323 e. The number of nitrogens with two attached hydrogens (primary N) is 2. The topological polar surface area (TPSA) is 114 Å². The van der Waals surface area contributed by atoms with Crippen LogP contribution in [0.2, 0.25) is 0 Å². The van der Waals surface area contributed by atoms with Crippen LogP contribution in [0.15, 0.2) is 60.7 Å². The number of carbonyl (C=O) groups is 1. The molecule has 176 valence electrons. The maximum absolute atomic E-state index is 14.0.